The summed E-state index contributed by atoms with van der Waals surface area (Å²) in [5.41, 5.74) is 2.03. The van der Waals surface area contributed by atoms with Crippen LogP contribution < -0.4 is 4.72 Å². The van der Waals surface area contributed by atoms with Gasteiger partial charge in [-0.25, -0.2) is 8.42 Å². The zero-order valence-electron chi connectivity index (χ0n) is 11.0. The van der Waals surface area contributed by atoms with Crippen LogP contribution in [0.2, 0.25) is 0 Å². The van der Waals surface area contributed by atoms with Crippen LogP contribution in [0.3, 0.4) is 0 Å². The predicted octanol–water partition coefficient (Wildman–Crippen LogP) is 3.57. The van der Waals surface area contributed by atoms with E-state index >= 15 is 0 Å². The van der Waals surface area contributed by atoms with Crippen molar-refractivity contribution in [2.45, 2.75) is 18.7 Å². The quantitative estimate of drug-likeness (QED) is 0.827. The molecule has 0 aliphatic carbocycles. The van der Waals surface area contributed by atoms with Crippen molar-refractivity contribution in [3.63, 3.8) is 0 Å². The Morgan fingerprint density at radius 3 is 2.35 bits per heavy atom. The van der Waals surface area contributed by atoms with Crippen molar-refractivity contribution in [2.75, 3.05) is 4.72 Å². The summed E-state index contributed by atoms with van der Waals surface area (Å²) in [5, 5.41) is 9.65. The summed E-state index contributed by atoms with van der Waals surface area (Å²) >= 11 is 3.27. The van der Waals surface area contributed by atoms with E-state index in [0.29, 0.717) is 4.47 Å². The Balaban J connectivity index is 2.47. The van der Waals surface area contributed by atoms with Gasteiger partial charge in [0.05, 0.1) is 5.69 Å². The Morgan fingerprint density at radius 1 is 1.10 bits per heavy atom. The normalized spacial score (nSPS) is 11.3. The highest BCUT2D eigenvalue weighted by atomic mass is 79.9. The lowest BCUT2D eigenvalue weighted by molar-refractivity contribution is 0.477. The number of aryl methyl sites for hydroxylation is 2. The number of phenolic OH excluding ortho intramolecular Hbond substituents is 1. The van der Waals surface area contributed by atoms with Crippen molar-refractivity contribution < 1.29 is 13.5 Å². The smallest absolute Gasteiger partial charge is 0.263 e. The van der Waals surface area contributed by atoms with Crippen LogP contribution in [0.15, 0.2) is 45.8 Å². The van der Waals surface area contributed by atoms with Gasteiger partial charge in [0.25, 0.3) is 10.0 Å². The second kappa shape index (κ2) is 5.46. The minimum absolute atomic E-state index is 0.115. The molecular weight excluding hydrogens is 342 g/mol. The fourth-order valence-corrected chi connectivity index (χ4v) is 4.04. The number of rotatable bonds is 3. The number of hydrogen-bond acceptors (Lipinski definition) is 3. The highest BCUT2D eigenvalue weighted by Gasteiger charge is 2.20. The number of halogens is 1. The summed E-state index contributed by atoms with van der Waals surface area (Å²) in [4.78, 5) is 0.142. The molecular formula is C14H14BrNO3S. The first-order chi connectivity index (χ1) is 9.31. The number of phenols is 1. The standard InChI is InChI=1S/C14H14BrNO3S/c1-9-7-11(15)14(8-10(9)2)20(18,19)16-12-5-3-4-6-13(12)17/h3-8,16-17H,1-2H3. The molecule has 2 aromatic carbocycles. The third-order valence-corrected chi connectivity index (χ3v) is 5.31. The van der Waals surface area contributed by atoms with Crippen LogP contribution in [0.1, 0.15) is 11.1 Å². The van der Waals surface area contributed by atoms with Gasteiger partial charge in [-0.05, 0) is 65.2 Å². The predicted molar refractivity (Wildman–Crippen MR) is 82.5 cm³/mol. The number of hydrogen-bond donors (Lipinski definition) is 2. The van der Waals surface area contributed by atoms with E-state index in [1.807, 2.05) is 13.8 Å². The van der Waals surface area contributed by atoms with Crippen LogP contribution in [0.25, 0.3) is 0 Å². The van der Waals surface area contributed by atoms with E-state index in [2.05, 4.69) is 20.7 Å². The molecule has 0 atom stereocenters. The zero-order chi connectivity index (χ0) is 14.9. The van der Waals surface area contributed by atoms with E-state index in [0.717, 1.165) is 11.1 Å². The topological polar surface area (TPSA) is 66.4 Å². The molecule has 4 nitrogen and oxygen atoms in total. The van der Waals surface area contributed by atoms with Crippen LogP contribution in [-0.4, -0.2) is 13.5 Å². The van der Waals surface area contributed by atoms with Crippen molar-refractivity contribution >= 4 is 31.6 Å². The first-order valence-electron chi connectivity index (χ1n) is 5.89. The summed E-state index contributed by atoms with van der Waals surface area (Å²) in [6.45, 7) is 3.76. The van der Waals surface area contributed by atoms with Crippen molar-refractivity contribution in [3.05, 3.63) is 52.0 Å². The van der Waals surface area contributed by atoms with Crippen LogP contribution >= 0.6 is 15.9 Å². The number of benzene rings is 2. The number of anilines is 1. The lowest BCUT2D eigenvalue weighted by Gasteiger charge is -2.12. The van der Waals surface area contributed by atoms with Crippen molar-refractivity contribution in [3.8, 4) is 5.75 Å². The summed E-state index contributed by atoms with van der Waals surface area (Å²) in [6.07, 6.45) is 0. The van der Waals surface area contributed by atoms with Gasteiger partial charge in [-0.1, -0.05) is 12.1 Å². The molecule has 0 aromatic heterocycles. The monoisotopic (exact) mass is 355 g/mol. The third-order valence-electron chi connectivity index (χ3n) is 2.99. The molecule has 6 heteroatoms. The minimum Gasteiger partial charge on any atom is -0.506 e. The molecule has 0 aliphatic rings. The highest BCUT2D eigenvalue weighted by molar-refractivity contribution is 9.10. The van der Waals surface area contributed by atoms with Gasteiger partial charge < -0.3 is 5.11 Å². The van der Waals surface area contributed by atoms with E-state index in [1.165, 1.54) is 12.1 Å². The van der Waals surface area contributed by atoms with Crippen molar-refractivity contribution in [2.24, 2.45) is 0 Å². The number of aromatic hydroxyl groups is 1. The summed E-state index contributed by atoms with van der Waals surface area (Å²) in [5.74, 6) is -0.115. The average Bonchev–Trinajstić information content (AvgIpc) is 2.36. The van der Waals surface area contributed by atoms with Gasteiger partial charge in [-0.2, -0.15) is 0 Å². The molecule has 0 saturated heterocycles. The maximum atomic E-state index is 12.4. The Kier molecular flexibility index (Phi) is 4.06. The number of nitrogens with one attached hydrogen (secondary N) is 1. The fourth-order valence-electron chi connectivity index (χ4n) is 1.72. The molecule has 0 radical (unpaired) electrons. The molecule has 0 heterocycles. The molecule has 0 spiro atoms. The van der Waals surface area contributed by atoms with Crippen LogP contribution in [0.5, 0.6) is 5.75 Å². The molecule has 0 fully saturated rings. The Morgan fingerprint density at radius 2 is 1.70 bits per heavy atom. The summed E-state index contributed by atoms with van der Waals surface area (Å²) in [7, 11) is -3.76. The first kappa shape index (κ1) is 14.9. The van der Waals surface area contributed by atoms with E-state index in [-0.39, 0.29) is 16.3 Å². The number of sulfonamides is 1. The molecule has 0 amide bonds. The van der Waals surface area contributed by atoms with E-state index in [4.69, 9.17) is 0 Å². The van der Waals surface area contributed by atoms with E-state index < -0.39 is 10.0 Å². The third kappa shape index (κ3) is 2.96. The maximum absolute atomic E-state index is 12.4. The van der Waals surface area contributed by atoms with Gasteiger partial charge in [-0.3, -0.25) is 4.72 Å². The maximum Gasteiger partial charge on any atom is 0.263 e. The minimum atomic E-state index is -3.76. The molecule has 106 valence electrons. The van der Waals surface area contributed by atoms with Gasteiger partial charge in [0, 0.05) is 4.47 Å². The van der Waals surface area contributed by atoms with Crippen LogP contribution in [0.4, 0.5) is 5.69 Å². The Labute approximate surface area is 126 Å². The molecule has 2 aromatic rings. The second-order valence-corrected chi connectivity index (χ2v) is 6.99. The SMILES string of the molecule is Cc1cc(Br)c(S(=O)(=O)Nc2ccccc2O)cc1C. The fraction of sp³-hybridized carbons (Fsp3) is 0.143. The Bertz CT molecular complexity index is 757. The van der Waals surface area contributed by atoms with Gasteiger partial charge in [0.1, 0.15) is 10.6 Å². The van der Waals surface area contributed by atoms with Gasteiger partial charge in [-0.15, -0.1) is 0 Å². The summed E-state index contributed by atoms with van der Waals surface area (Å²) in [6, 6.07) is 9.55. The average molecular weight is 356 g/mol. The largest absolute Gasteiger partial charge is 0.506 e. The van der Waals surface area contributed by atoms with Gasteiger partial charge in [0.15, 0.2) is 0 Å². The highest BCUT2D eigenvalue weighted by Crippen LogP contribution is 2.29. The summed E-state index contributed by atoms with van der Waals surface area (Å²) < 4.78 is 27.6. The van der Waals surface area contributed by atoms with Gasteiger partial charge >= 0.3 is 0 Å². The molecule has 0 bridgehead atoms. The van der Waals surface area contributed by atoms with Crippen LogP contribution in [-0.2, 0) is 10.0 Å². The molecule has 20 heavy (non-hydrogen) atoms. The number of para-hydroxylation sites is 2. The molecule has 2 N–H and O–H groups in total. The molecule has 0 aliphatic heterocycles. The Hall–Kier alpha value is -1.53. The molecule has 0 saturated carbocycles. The molecule has 0 unspecified atom stereocenters. The van der Waals surface area contributed by atoms with Gasteiger partial charge in [0.2, 0.25) is 0 Å². The zero-order valence-corrected chi connectivity index (χ0v) is 13.4. The lowest BCUT2D eigenvalue weighted by atomic mass is 10.1. The lowest BCUT2D eigenvalue weighted by Crippen LogP contribution is -2.14. The van der Waals surface area contributed by atoms with Crippen molar-refractivity contribution in [1.29, 1.82) is 0 Å². The van der Waals surface area contributed by atoms with Crippen LogP contribution in [0, 0.1) is 13.8 Å². The first-order valence-corrected chi connectivity index (χ1v) is 8.16. The van der Waals surface area contributed by atoms with E-state index in [9.17, 15) is 13.5 Å². The molecule has 2 rings (SSSR count). The van der Waals surface area contributed by atoms with Crippen molar-refractivity contribution in [1.82, 2.24) is 0 Å². The van der Waals surface area contributed by atoms with E-state index in [1.54, 1.807) is 24.3 Å². The second-order valence-electron chi connectivity index (χ2n) is 4.49.